The molecule has 34 heavy (non-hydrogen) atoms. The Morgan fingerprint density at radius 2 is 2.15 bits per heavy atom. The second-order valence-electron chi connectivity index (χ2n) is 8.98. The third-order valence-electron chi connectivity index (χ3n) is 6.38. The van der Waals surface area contributed by atoms with Crippen LogP contribution in [0.2, 0.25) is 0 Å². The van der Waals surface area contributed by atoms with Crippen LogP contribution in [0.4, 0.5) is 13.2 Å². The second kappa shape index (κ2) is 9.18. The Bertz CT molecular complexity index is 1130. The number of allylic oxidation sites excluding steroid dienone is 7. The molecule has 0 bridgehead atoms. The highest BCUT2D eigenvalue weighted by atomic mass is 19.4. The molecule has 0 spiro atoms. The second-order valence-corrected chi connectivity index (χ2v) is 8.98. The van der Waals surface area contributed by atoms with Crippen LogP contribution in [0.5, 0.6) is 0 Å². The number of rotatable bonds is 7. The van der Waals surface area contributed by atoms with Crippen LogP contribution in [0.25, 0.3) is 5.57 Å². The lowest BCUT2D eigenvalue weighted by Crippen LogP contribution is -2.33. The average molecular weight is 473 g/mol. The number of halogens is 3. The van der Waals surface area contributed by atoms with Crippen LogP contribution in [-0.2, 0) is 20.8 Å². The van der Waals surface area contributed by atoms with E-state index in [2.05, 4.69) is 0 Å². The van der Waals surface area contributed by atoms with Crippen molar-refractivity contribution in [3.8, 4) is 0 Å². The van der Waals surface area contributed by atoms with E-state index >= 15 is 0 Å². The maximum Gasteiger partial charge on any atom is 0.395 e. The molecule has 0 aromatic heterocycles. The number of hydrogen-bond donors (Lipinski definition) is 2. The van der Waals surface area contributed by atoms with Crippen LogP contribution in [0.15, 0.2) is 78.0 Å². The quantitative estimate of drug-likeness (QED) is 0.548. The average Bonchev–Trinajstić information content (AvgIpc) is 3.18. The fourth-order valence-corrected chi connectivity index (χ4v) is 4.73. The topological polar surface area (TPSA) is 81.8 Å². The lowest BCUT2D eigenvalue weighted by molar-refractivity contribution is -0.176. The molecule has 0 saturated carbocycles. The monoisotopic (exact) mass is 473 g/mol. The zero-order valence-corrected chi connectivity index (χ0v) is 18.6. The number of ether oxygens (including phenoxy) is 2. The van der Waals surface area contributed by atoms with Gasteiger partial charge in [0.05, 0.1) is 24.0 Å². The summed E-state index contributed by atoms with van der Waals surface area (Å²) in [7, 11) is 0. The molecule has 1 aliphatic heterocycles. The van der Waals surface area contributed by atoms with Crippen LogP contribution >= 0.6 is 0 Å². The van der Waals surface area contributed by atoms with E-state index in [0.29, 0.717) is 13.0 Å². The number of carboxylic acids is 1. The summed E-state index contributed by atoms with van der Waals surface area (Å²) in [5.74, 6) is -3.71. The Hall–Kier alpha value is -3.26. The first-order chi connectivity index (χ1) is 16.1. The van der Waals surface area contributed by atoms with Crippen molar-refractivity contribution in [1.82, 2.24) is 0 Å². The fraction of sp³-hybridized carbons (Fsp3) is 0.346. The minimum absolute atomic E-state index is 0.0259. The van der Waals surface area contributed by atoms with Crippen molar-refractivity contribution in [3.63, 3.8) is 0 Å². The predicted molar refractivity (Wildman–Crippen MR) is 121 cm³/mol. The highest BCUT2D eigenvalue weighted by Crippen LogP contribution is 2.49. The number of carboxylic acid groups (broad SMARTS) is 1. The SMILES string of the molecule is CC12C=COC1=C(c1cccc(CN)c1)C=C(COC1=CC=CC(C(F)(F)F)C1CC(=O)O)C2. The van der Waals surface area contributed by atoms with Crippen molar-refractivity contribution in [2.45, 2.75) is 32.5 Å². The molecule has 0 amide bonds. The summed E-state index contributed by atoms with van der Waals surface area (Å²) in [5, 5.41) is 9.20. The third-order valence-corrected chi connectivity index (χ3v) is 6.38. The van der Waals surface area contributed by atoms with Gasteiger partial charge in [0, 0.05) is 18.0 Å². The molecule has 3 N–H and O–H groups in total. The summed E-state index contributed by atoms with van der Waals surface area (Å²) in [6.45, 7) is 2.46. The van der Waals surface area contributed by atoms with Gasteiger partial charge in [0.1, 0.15) is 18.1 Å². The number of carbonyl (C=O) groups is 1. The van der Waals surface area contributed by atoms with Crippen LogP contribution < -0.4 is 5.73 Å². The first kappa shape index (κ1) is 23.9. The molecule has 3 unspecified atom stereocenters. The molecule has 0 saturated heterocycles. The summed E-state index contributed by atoms with van der Waals surface area (Å²) < 4.78 is 52.3. The summed E-state index contributed by atoms with van der Waals surface area (Å²) in [6.07, 6.45) is 4.55. The first-order valence-electron chi connectivity index (χ1n) is 11.0. The van der Waals surface area contributed by atoms with E-state index < -0.39 is 35.8 Å². The van der Waals surface area contributed by atoms with Crippen molar-refractivity contribution in [2.24, 2.45) is 23.0 Å². The molecule has 8 heteroatoms. The summed E-state index contributed by atoms with van der Waals surface area (Å²) in [6, 6.07) is 7.78. The smallest absolute Gasteiger partial charge is 0.395 e. The van der Waals surface area contributed by atoms with E-state index in [1.165, 1.54) is 12.2 Å². The van der Waals surface area contributed by atoms with Crippen LogP contribution in [0.3, 0.4) is 0 Å². The maximum absolute atomic E-state index is 13.5. The van der Waals surface area contributed by atoms with Crippen molar-refractivity contribution in [3.05, 3.63) is 89.1 Å². The Morgan fingerprint density at radius 1 is 1.35 bits per heavy atom. The van der Waals surface area contributed by atoms with E-state index in [-0.39, 0.29) is 12.4 Å². The molecule has 180 valence electrons. The van der Waals surface area contributed by atoms with E-state index in [4.69, 9.17) is 15.2 Å². The molecule has 1 aromatic rings. The number of nitrogens with two attached hydrogens (primary N) is 1. The summed E-state index contributed by atoms with van der Waals surface area (Å²) >= 11 is 0. The van der Waals surface area contributed by atoms with Crippen LogP contribution in [0.1, 0.15) is 30.9 Å². The van der Waals surface area contributed by atoms with Gasteiger partial charge in [-0.25, -0.2) is 0 Å². The Kier molecular flexibility index (Phi) is 6.45. The Labute approximate surface area is 195 Å². The van der Waals surface area contributed by atoms with Gasteiger partial charge in [-0.2, -0.15) is 13.2 Å². The Morgan fingerprint density at radius 3 is 2.85 bits per heavy atom. The number of aliphatic carboxylic acids is 1. The molecule has 0 fully saturated rings. The largest absolute Gasteiger partial charge is 0.493 e. The minimum atomic E-state index is -4.57. The predicted octanol–water partition coefficient (Wildman–Crippen LogP) is 5.48. The maximum atomic E-state index is 13.5. The highest BCUT2D eigenvalue weighted by Gasteiger charge is 2.47. The lowest BCUT2D eigenvalue weighted by Gasteiger charge is -2.33. The molecule has 0 radical (unpaired) electrons. The van der Waals surface area contributed by atoms with Crippen LogP contribution in [0, 0.1) is 17.3 Å². The zero-order chi connectivity index (χ0) is 24.5. The van der Waals surface area contributed by atoms with E-state index in [1.54, 1.807) is 6.26 Å². The molecule has 2 aliphatic carbocycles. The summed E-state index contributed by atoms with van der Waals surface area (Å²) in [5.41, 5.74) is 8.99. The summed E-state index contributed by atoms with van der Waals surface area (Å²) in [4.78, 5) is 11.3. The van der Waals surface area contributed by atoms with Gasteiger partial charge in [0.2, 0.25) is 0 Å². The highest BCUT2D eigenvalue weighted by molar-refractivity contribution is 5.79. The molecule has 1 aromatic carbocycles. The minimum Gasteiger partial charge on any atom is -0.493 e. The van der Waals surface area contributed by atoms with Crippen LogP contribution in [-0.4, -0.2) is 23.9 Å². The zero-order valence-electron chi connectivity index (χ0n) is 18.6. The molecule has 1 heterocycles. The van der Waals surface area contributed by atoms with Gasteiger partial charge in [-0.1, -0.05) is 30.4 Å². The molecular weight excluding hydrogens is 447 g/mol. The molecule has 5 nitrogen and oxygen atoms in total. The van der Waals surface area contributed by atoms with Gasteiger partial charge in [-0.05, 0) is 54.3 Å². The normalized spacial score (nSPS) is 26.0. The standard InChI is InChI=1S/C26H26F3NO4/c1-25-8-9-33-24(25)19(18-5-2-4-16(10-18)14-30)11-17(13-25)15-34-22-7-3-6-21(26(27,28)29)20(22)12-23(31)32/h2-11,20-21H,12-15,30H2,1H3,(H,31,32). The fourth-order valence-electron chi connectivity index (χ4n) is 4.73. The van der Waals surface area contributed by atoms with Gasteiger partial charge in [-0.3, -0.25) is 4.79 Å². The Balaban J connectivity index is 1.61. The molecule has 3 atom stereocenters. The van der Waals surface area contributed by atoms with Crippen molar-refractivity contribution in [2.75, 3.05) is 6.61 Å². The molecular formula is C26H26F3NO4. The van der Waals surface area contributed by atoms with E-state index in [0.717, 1.165) is 34.1 Å². The third kappa shape index (κ3) is 4.82. The first-order valence-corrected chi connectivity index (χ1v) is 11.0. The number of hydrogen-bond acceptors (Lipinski definition) is 4. The lowest BCUT2D eigenvalue weighted by atomic mass is 9.75. The van der Waals surface area contributed by atoms with Gasteiger partial charge in [0.25, 0.3) is 0 Å². The van der Waals surface area contributed by atoms with E-state index in [9.17, 15) is 23.1 Å². The number of fused-ring (bicyclic) bond motifs is 1. The number of benzene rings is 1. The molecule has 3 aliphatic rings. The van der Waals surface area contributed by atoms with Crippen molar-refractivity contribution in [1.29, 1.82) is 0 Å². The van der Waals surface area contributed by atoms with Gasteiger partial charge < -0.3 is 20.3 Å². The van der Waals surface area contributed by atoms with E-state index in [1.807, 2.05) is 43.3 Å². The van der Waals surface area contributed by atoms with Gasteiger partial charge in [0.15, 0.2) is 0 Å². The van der Waals surface area contributed by atoms with Crippen molar-refractivity contribution >= 4 is 11.5 Å². The number of alkyl halides is 3. The van der Waals surface area contributed by atoms with Gasteiger partial charge >= 0.3 is 12.1 Å². The van der Waals surface area contributed by atoms with Gasteiger partial charge in [-0.15, -0.1) is 0 Å². The molecule has 4 rings (SSSR count). The van der Waals surface area contributed by atoms with Crippen molar-refractivity contribution < 1.29 is 32.5 Å².